The van der Waals surface area contributed by atoms with Gasteiger partial charge in [-0.15, -0.1) is 0 Å². The number of hydrogen-bond donors (Lipinski definition) is 1. The van der Waals surface area contributed by atoms with E-state index in [0.29, 0.717) is 11.8 Å². The van der Waals surface area contributed by atoms with Gasteiger partial charge in [-0.2, -0.15) is 0 Å². The standard InChI is InChI=1S/C27H25BrN4O5/c1-36-23-15-17(10-12-22(23)37-27(33)18-6-5-9-21(14-18)32(34)35)25-26(29-20-7-3-2-4-8-20)31-16-19(28)11-13-24(31)30-25/h5-6,9-16,20,29H,2-4,7-8H2,1H3. The number of esters is 1. The van der Waals surface area contributed by atoms with Crippen LogP contribution < -0.4 is 14.8 Å². The number of methoxy groups -OCH3 is 1. The van der Waals surface area contributed by atoms with Crippen molar-refractivity contribution in [2.75, 3.05) is 12.4 Å². The highest BCUT2D eigenvalue weighted by molar-refractivity contribution is 9.10. The number of nitro groups is 1. The molecule has 1 N–H and O–H groups in total. The fourth-order valence-electron chi connectivity index (χ4n) is 4.60. The Morgan fingerprint density at radius 2 is 1.92 bits per heavy atom. The first-order chi connectivity index (χ1) is 17.9. The minimum atomic E-state index is -0.716. The van der Waals surface area contributed by atoms with E-state index < -0.39 is 10.9 Å². The summed E-state index contributed by atoms with van der Waals surface area (Å²) in [5.74, 6) is 0.729. The SMILES string of the molecule is COc1cc(-c2nc3ccc(Br)cn3c2NC2CCCCC2)ccc1OC(=O)c1cccc([N+](=O)[O-])c1. The smallest absolute Gasteiger partial charge is 0.343 e. The van der Waals surface area contributed by atoms with Gasteiger partial charge in [-0.05, 0) is 65.2 Å². The van der Waals surface area contributed by atoms with E-state index in [1.54, 1.807) is 12.1 Å². The highest BCUT2D eigenvalue weighted by atomic mass is 79.9. The molecule has 2 aromatic heterocycles. The first-order valence-electron chi connectivity index (χ1n) is 12.0. The van der Waals surface area contributed by atoms with Crippen LogP contribution in [0.5, 0.6) is 11.5 Å². The predicted molar refractivity (Wildman–Crippen MR) is 143 cm³/mol. The average molecular weight is 565 g/mol. The Balaban J connectivity index is 1.48. The van der Waals surface area contributed by atoms with Gasteiger partial charge in [0.1, 0.15) is 17.2 Å². The molecule has 0 aliphatic heterocycles. The largest absolute Gasteiger partial charge is 0.493 e. The van der Waals surface area contributed by atoms with Crippen LogP contribution in [0.1, 0.15) is 42.5 Å². The van der Waals surface area contributed by atoms with Gasteiger partial charge >= 0.3 is 5.97 Å². The summed E-state index contributed by atoms with van der Waals surface area (Å²) < 4.78 is 14.1. The number of carbonyl (C=O) groups is 1. The monoisotopic (exact) mass is 564 g/mol. The number of non-ortho nitro benzene ring substituents is 1. The van der Waals surface area contributed by atoms with Gasteiger partial charge in [0.2, 0.25) is 0 Å². The molecule has 0 bridgehead atoms. The maximum atomic E-state index is 12.7. The third kappa shape index (κ3) is 5.29. The third-order valence-electron chi connectivity index (χ3n) is 6.46. The van der Waals surface area contributed by atoms with E-state index >= 15 is 0 Å². The molecule has 190 valence electrons. The summed E-state index contributed by atoms with van der Waals surface area (Å²) in [6.45, 7) is 0. The Morgan fingerprint density at radius 3 is 2.68 bits per heavy atom. The van der Waals surface area contributed by atoms with Gasteiger partial charge in [-0.3, -0.25) is 14.5 Å². The van der Waals surface area contributed by atoms with Gasteiger partial charge in [0, 0.05) is 34.4 Å². The van der Waals surface area contributed by atoms with Crippen LogP contribution in [0.4, 0.5) is 11.5 Å². The predicted octanol–water partition coefficient (Wildman–Crippen LogP) is 6.64. The molecule has 1 fully saturated rings. The molecule has 9 nitrogen and oxygen atoms in total. The molecule has 0 spiro atoms. The molecule has 10 heteroatoms. The molecule has 4 aromatic rings. The summed E-state index contributed by atoms with van der Waals surface area (Å²) in [5.41, 5.74) is 2.25. The summed E-state index contributed by atoms with van der Waals surface area (Å²) in [4.78, 5) is 28.1. The minimum Gasteiger partial charge on any atom is -0.493 e. The van der Waals surface area contributed by atoms with E-state index in [1.165, 1.54) is 50.6 Å². The number of anilines is 1. The van der Waals surface area contributed by atoms with Crippen LogP contribution in [-0.4, -0.2) is 33.4 Å². The molecule has 0 radical (unpaired) electrons. The van der Waals surface area contributed by atoms with Crippen LogP contribution in [0.15, 0.2) is 65.3 Å². The number of fused-ring (bicyclic) bond motifs is 1. The zero-order valence-electron chi connectivity index (χ0n) is 20.1. The molecule has 1 saturated carbocycles. The van der Waals surface area contributed by atoms with Crippen LogP contribution in [0.25, 0.3) is 16.9 Å². The fourth-order valence-corrected chi connectivity index (χ4v) is 4.94. The number of halogens is 1. The van der Waals surface area contributed by atoms with Crippen LogP contribution in [-0.2, 0) is 0 Å². The number of carbonyl (C=O) groups excluding carboxylic acids is 1. The number of benzene rings is 2. The Kier molecular flexibility index (Phi) is 7.09. The lowest BCUT2D eigenvalue weighted by Gasteiger charge is -2.24. The van der Waals surface area contributed by atoms with Gasteiger partial charge < -0.3 is 14.8 Å². The normalized spacial score (nSPS) is 13.9. The Labute approximate surface area is 221 Å². The molecule has 2 heterocycles. The number of hydrogen-bond acceptors (Lipinski definition) is 7. The summed E-state index contributed by atoms with van der Waals surface area (Å²) in [7, 11) is 1.49. The topological polar surface area (TPSA) is 108 Å². The maximum absolute atomic E-state index is 12.7. The first kappa shape index (κ1) is 24.8. The van der Waals surface area contributed by atoms with Crippen molar-refractivity contribution in [1.82, 2.24) is 9.38 Å². The van der Waals surface area contributed by atoms with Crippen molar-refractivity contribution in [3.8, 4) is 22.8 Å². The van der Waals surface area contributed by atoms with E-state index in [9.17, 15) is 14.9 Å². The average Bonchev–Trinajstić information content (AvgIpc) is 3.26. The van der Waals surface area contributed by atoms with E-state index in [2.05, 4.69) is 21.2 Å². The van der Waals surface area contributed by atoms with Crippen LogP contribution >= 0.6 is 15.9 Å². The Morgan fingerprint density at radius 1 is 1.11 bits per heavy atom. The molecule has 0 unspecified atom stereocenters. The third-order valence-corrected chi connectivity index (χ3v) is 6.93. The van der Waals surface area contributed by atoms with Gasteiger partial charge in [-0.25, -0.2) is 9.78 Å². The second kappa shape index (κ2) is 10.6. The number of nitrogens with zero attached hydrogens (tertiary/aromatic N) is 3. The maximum Gasteiger partial charge on any atom is 0.343 e. The number of nitro benzene ring substituents is 1. The molecule has 1 aliphatic rings. The van der Waals surface area contributed by atoms with Crippen molar-refractivity contribution in [2.45, 2.75) is 38.1 Å². The van der Waals surface area contributed by atoms with Crippen LogP contribution in [0.2, 0.25) is 0 Å². The molecule has 0 atom stereocenters. The van der Waals surface area contributed by atoms with Crippen molar-refractivity contribution < 1.29 is 19.2 Å². The highest BCUT2D eigenvalue weighted by Gasteiger charge is 2.22. The zero-order valence-corrected chi connectivity index (χ0v) is 21.7. The van der Waals surface area contributed by atoms with E-state index in [-0.39, 0.29) is 17.0 Å². The number of imidazole rings is 1. The van der Waals surface area contributed by atoms with E-state index in [0.717, 1.165) is 40.0 Å². The van der Waals surface area contributed by atoms with E-state index in [1.807, 2.05) is 28.8 Å². The molecule has 0 saturated heterocycles. The molecular formula is C27H25BrN4O5. The second-order valence-corrected chi connectivity index (χ2v) is 9.84. The van der Waals surface area contributed by atoms with Crippen LogP contribution in [0, 0.1) is 10.1 Å². The van der Waals surface area contributed by atoms with Crippen molar-refractivity contribution in [2.24, 2.45) is 0 Å². The van der Waals surface area contributed by atoms with Gasteiger partial charge in [-0.1, -0.05) is 25.3 Å². The molecule has 2 aromatic carbocycles. The summed E-state index contributed by atoms with van der Waals surface area (Å²) in [6.07, 6.45) is 7.87. The number of pyridine rings is 1. The minimum absolute atomic E-state index is 0.0743. The van der Waals surface area contributed by atoms with Gasteiger partial charge in [0.15, 0.2) is 11.5 Å². The van der Waals surface area contributed by atoms with Crippen molar-refractivity contribution in [1.29, 1.82) is 0 Å². The van der Waals surface area contributed by atoms with Crippen molar-refractivity contribution in [3.63, 3.8) is 0 Å². The van der Waals surface area contributed by atoms with Gasteiger partial charge in [0.05, 0.1) is 17.6 Å². The number of ether oxygens (including phenoxy) is 2. The van der Waals surface area contributed by atoms with Crippen LogP contribution in [0.3, 0.4) is 0 Å². The second-order valence-electron chi connectivity index (χ2n) is 8.93. The Bertz CT molecular complexity index is 1480. The fraction of sp³-hybridized carbons (Fsp3) is 0.259. The molecule has 37 heavy (non-hydrogen) atoms. The lowest BCUT2D eigenvalue weighted by atomic mass is 9.95. The Hall–Kier alpha value is -3.92. The van der Waals surface area contributed by atoms with E-state index in [4.69, 9.17) is 14.5 Å². The lowest BCUT2D eigenvalue weighted by Crippen LogP contribution is -2.23. The first-order valence-corrected chi connectivity index (χ1v) is 12.8. The van der Waals surface area contributed by atoms with Crippen molar-refractivity contribution in [3.05, 3.63) is 80.9 Å². The number of aromatic nitrogens is 2. The zero-order chi connectivity index (χ0) is 25.9. The molecule has 0 amide bonds. The molecular weight excluding hydrogens is 540 g/mol. The van der Waals surface area contributed by atoms with Crippen molar-refractivity contribution >= 4 is 39.1 Å². The quantitative estimate of drug-likeness (QED) is 0.116. The highest BCUT2D eigenvalue weighted by Crippen LogP contribution is 2.37. The number of nitrogens with one attached hydrogen (secondary N) is 1. The summed E-state index contributed by atoms with van der Waals surface area (Å²) >= 11 is 3.56. The lowest BCUT2D eigenvalue weighted by molar-refractivity contribution is -0.384. The summed E-state index contributed by atoms with van der Waals surface area (Å²) in [5, 5.41) is 14.8. The van der Waals surface area contributed by atoms with Gasteiger partial charge in [0.25, 0.3) is 5.69 Å². The molecule has 5 rings (SSSR count). The molecule has 1 aliphatic carbocycles. The summed E-state index contributed by atoms with van der Waals surface area (Å²) in [6, 6.07) is 14.9. The number of rotatable bonds is 7.